The quantitative estimate of drug-likeness (QED) is 0.793. The molecule has 1 aromatic heterocycles. The van der Waals surface area contributed by atoms with E-state index in [1.54, 1.807) is 20.8 Å². The summed E-state index contributed by atoms with van der Waals surface area (Å²) in [6, 6.07) is 0. The van der Waals surface area contributed by atoms with Crippen molar-refractivity contribution in [2.75, 3.05) is 32.1 Å². The van der Waals surface area contributed by atoms with Gasteiger partial charge in [-0.05, 0) is 20.8 Å². The van der Waals surface area contributed by atoms with Gasteiger partial charge >= 0.3 is 6.09 Å². The van der Waals surface area contributed by atoms with Crippen molar-refractivity contribution >= 4 is 23.5 Å². The zero-order valence-corrected chi connectivity index (χ0v) is 15.4. The second kappa shape index (κ2) is 7.31. The number of aromatic nitrogens is 2. The molecule has 0 aliphatic rings. The maximum Gasteiger partial charge on any atom is 0.407 e. The fraction of sp³-hybridized carbons (Fsp3) is 0.667. The van der Waals surface area contributed by atoms with Crippen molar-refractivity contribution in [3.63, 3.8) is 0 Å². The van der Waals surface area contributed by atoms with E-state index < -0.39 is 17.1 Å². The lowest BCUT2D eigenvalue weighted by molar-refractivity contribution is 0.0516. The zero-order valence-electron chi connectivity index (χ0n) is 14.6. The molecule has 8 heteroatoms. The minimum Gasteiger partial charge on any atom is -0.444 e. The molecule has 1 amide bonds. The van der Waals surface area contributed by atoms with Gasteiger partial charge in [0.05, 0.1) is 0 Å². The van der Waals surface area contributed by atoms with Gasteiger partial charge < -0.3 is 20.7 Å². The molecule has 1 unspecified atom stereocenters. The van der Waals surface area contributed by atoms with Crippen LogP contribution in [0.3, 0.4) is 0 Å². The van der Waals surface area contributed by atoms with Crippen LogP contribution in [0.15, 0.2) is 6.33 Å². The van der Waals surface area contributed by atoms with Crippen LogP contribution in [0.4, 0.5) is 10.6 Å². The van der Waals surface area contributed by atoms with Gasteiger partial charge in [-0.15, -0.1) is 0 Å². The van der Waals surface area contributed by atoms with Crippen molar-refractivity contribution in [3.05, 3.63) is 17.0 Å². The Morgan fingerprint density at radius 2 is 1.96 bits per heavy atom. The van der Waals surface area contributed by atoms with E-state index in [0.717, 1.165) is 0 Å². The number of alkyl carbamates (subject to hydrolysis) is 1. The van der Waals surface area contributed by atoms with Crippen molar-refractivity contribution in [1.82, 2.24) is 15.3 Å². The van der Waals surface area contributed by atoms with Crippen LogP contribution in [0, 0.1) is 0 Å². The first-order valence-corrected chi connectivity index (χ1v) is 7.73. The van der Waals surface area contributed by atoms with Gasteiger partial charge in [-0.3, -0.25) is 0 Å². The second-order valence-corrected chi connectivity index (χ2v) is 7.24. The summed E-state index contributed by atoms with van der Waals surface area (Å²) in [7, 11) is 3.72. The van der Waals surface area contributed by atoms with E-state index in [4.69, 9.17) is 22.1 Å². The number of ether oxygens (including phenoxy) is 1. The maximum absolute atomic E-state index is 11.9. The van der Waals surface area contributed by atoms with Gasteiger partial charge in [0.15, 0.2) is 0 Å². The Kier molecular flexibility index (Phi) is 6.18. The monoisotopic (exact) mass is 343 g/mol. The third kappa shape index (κ3) is 5.21. The number of hydrogen-bond acceptors (Lipinski definition) is 6. The van der Waals surface area contributed by atoms with E-state index in [9.17, 15) is 4.79 Å². The maximum atomic E-state index is 11.9. The van der Waals surface area contributed by atoms with Crippen LogP contribution < -0.4 is 16.0 Å². The number of halogens is 1. The number of carbonyl (C=O) groups is 1. The Balaban J connectivity index is 3.05. The third-order valence-electron chi connectivity index (χ3n) is 3.28. The van der Waals surface area contributed by atoms with Gasteiger partial charge in [0.1, 0.15) is 22.9 Å². The first-order valence-electron chi connectivity index (χ1n) is 7.35. The van der Waals surface area contributed by atoms with E-state index >= 15 is 0 Å². The van der Waals surface area contributed by atoms with Crippen LogP contribution in [0.5, 0.6) is 0 Å². The lowest BCUT2D eigenvalue weighted by atomic mass is 9.83. The molecule has 7 nitrogen and oxygen atoms in total. The van der Waals surface area contributed by atoms with E-state index in [0.29, 0.717) is 16.5 Å². The Morgan fingerprint density at radius 1 is 1.35 bits per heavy atom. The van der Waals surface area contributed by atoms with Gasteiger partial charge in [-0.25, -0.2) is 14.8 Å². The smallest absolute Gasteiger partial charge is 0.407 e. The van der Waals surface area contributed by atoms with Crippen molar-refractivity contribution in [3.8, 4) is 0 Å². The van der Waals surface area contributed by atoms with Crippen LogP contribution in [0.1, 0.15) is 33.3 Å². The van der Waals surface area contributed by atoms with Gasteiger partial charge in [0, 0.05) is 38.2 Å². The van der Waals surface area contributed by atoms with Crippen LogP contribution >= 0.6 is 11.6 Å². The highest BCUT2D eigenvalue weighted by atomic mass is 35.5. The number of nitrogens with zero attached hydrogens (tertiary/aromatic N) is 3. The summed E-state index contributed by atoms with van der Waals surface area (Å²) in [5, 5.41) is 3.07. The number of hydrogen-bond donors (Lipinski definition) is 2. The lowest BCUT2D eigenvalue weighted by Gasteiger charge is -2.32. The lowest BCUT2D eigenvalue weighted by Crippen LogP contribution is -2.46. The van der Waals surface area contributed by atoms with Crippen LogP contribution in [-0.4, -0.2) is 48.8 Å². The molecule has 23 heavy (non-hydrogen) atoms. The van der Waals surface area contributed by atoms with Crippen molar-refractivity contribution < 1.29 is 9.53 Å². The van der Waals surface area contributed by atoms with Gasteiger partial charge in [-0.2, -0.15) is 0 Å². The van der Waals surface area contributed by atoms with Crippen LogP contribution in [0.2, 0.25) is 5.15 Å². The molecule has 0 spiro atoms. The number of amides is 1. The molecular weight excluding hydrogens is 318 g/mol. The average Bonchev–Trinajstić information content (AvgIpc) is 2.42. The first kappa shape index (κ1) is 19.4. The van der Waals surface area contributed by atoms with E-state index in [1.807, 2.05) is 25.9 Å². The summed E-state index contributed by atoms with van der Waals surface area (Å²) in [6.07, 6.45) is 0.899. The predicted octanol–water partition coefficient (Wildman–Crippen LogP) is 1.94. The van der Waals surface area contributed by atoms with Gasteiger partial charge in [-0.1, -0.05) is 18.5 Å². The fourth-order valence-electron chi connectivity index (χ4n) is 2.06. The average molecular weight is 344 g/mol. The molecule has 3 N–H and O–H groups in total. The summed E-state index contributed by atoms with van der Waals surface area (Å²) < 4.78 is 5.26. The Bertz CT molecular complexity index is 559. The summed E-state index contributed by atoms with van der Waals surface area (Å²) in [5.41, 5.74) is 5.47. The summed E-state index contributed by atoms with van der Waals surface area (Å²) in [4.78, 5) is 22.1. The molecule has 0 saturated heterocycles. The van der Waals surface area contributed by atoms with Crippen molar-refractivity contribution in [1.29, 1.82) is 0 Å². The molecular formula is C15H26ClN5O2. The van der Waals surface area contributed by atoms with Crippen LogP contribution in [-0.2, 0) is 10.2 Å². The Morgan fingerprint density at radius 3 is 2.43 bits per heavy atom. The molecule has 0 aromatic carbocycles. The SMILES string of the molecule is CN(C)c1ncnc(Cl)c1C(C)(CN)CNC(=O)OC(C)(C)C. The number of anilines is 1. The largest absolute Gasteiger partial charge is 0.444 e. The highest BCUT2D eigenvalue weighted by molar-refractivity contribution is 6.30. The van der Waals surface area contributed by atoms with E-state index in [1.165, 1.54) is 6.33 Å². The van der Waals surface area contributed by atoms with Crippen molar-refractivity contribution in [2.45, 2.75) is 38.7 Å². The zero-order chi connectivity index (χ0) is 17.8. The molecule has 130 valence electrons. The van der Waals surface area contributed by atoms with Crippen LogP contribution in [0.25, 0.3) is 0 Å². The number of nitrogens with one attached hydrogen (secondary N) is 1. The molecule has 0 fully saturated rings. The van der Waals surface area contributed by atoms with Gasteiger partial charge in [0.25, 0.3) is 0 Å². The molecule has 0 aliphatic carbocycles. The summed E-state index contributed by atoms with van der Waals surface area (Å²) >= 11 is 6.28. The van der Waals surface area contributed by atoms with E-state index in [-0.39, 0.29) is 13.1 Å². The molecule has 1 aromatic rings. The third-order valence-corrected chi connectivity index (χ3v) is 3.57. The highest BCUT2D eigenvalue weighted by Gasteiger charge is 2.33. The predicted molar refractivity (Wildman–Crippen MR) is 92.0 cm³/mol. The number of nitrogens with two attached hydrogens (primary N) is 1. The molecule has 0 aliphatic heterocycles. The molecule has 0 bridgehead atoms. The molecule has 0 radical (unpaired) electrons. The van der Waals surface area contributed by atoms with Gasteiger partial charge in [0.2, 0.25) is 0 Å². The standard InChI is InChI=1S/C15H26ClN5O2/c1-14(2,3)23-13(22)18-8-15(4,7-17)10-11(16)19-9-20-12(10)21(5)6/h9H,7-8,17H2,1-6H3,(H,18,22). The Labute approximate surface area is 142 Å². The normalized spacial score (nSPS) is 14.1. The number of rotatable bonds is 5. The minimum absolute atomic E-state index is 0.256. The first-order chi connectivity index (χ1) is 10.5. The minimum atomic E-state index is -0.630. The Hall–Kier alpha value is -1.60. The number of carbonyl (C=O) groups excluding carboxylic acids is 1. The summed E-state index contributed by atoms with van der Waals surface area (Å²) in [6.45, 7) is 7.84. The second-order valence-electron chi connectivity index (χ2n) is 6.88. The topological polar surface area (TPSA) is 93.4 Å². The molecule has 1 heterocycles. The molecule has 0 saturated carbocycles. The van der Waals surface area contributed by atoms with Crippen molar-refractivity contribution in [2.24, 2.45) is 5.73 Å². The summed E-state index contributed by atoms with van der Waals surface area (Å²) in [5.74, 6) is 0.670. The molecule has 1 rings (SSSR count). The molecule has 1 atom stereocenters. The fourth-order valence-corrected chi connectivity index (χ4v) is 2.41. The highest BCUT2D eigenvalue weighted by Crippen LogP contribution is 2.33. The van der Waals surface area contributed by atoms with E-state index in [2.05, 4.69) is 15.3 Å².